The van der Waals surface area contributed by atoms with Crippen molar-refractivity contribution in [2.75, 3.05) is 5.73 Å². The molecule has 0 saturated carbocycles. The van der Waals surface area contributed by atoms with E-state index >= 15 is 0 Å². The number of nitrogen functional groups attached to an aromatic ring is 1. The van der Waals surface area contributed by atoms with Crippen molar-refractivity contribution in [3.63, 3.8) is 0 Å². The van der Waals surface area contributed by atoms with Crippen LogP contribution in [0.5, 0.6) is 0 Å². The standard InChI is InChI=1S/C11H11N5/c1-6-9(10(12)16-15-6)11-13-7-4-2-3-5-8(7)14-11/h2-5H,1H3,(H,13,14)(H3,12,15,16). The van der Waals surface area contributed by atoms with Crippen molar-refractivity contribution in [2.45, 2.75) is 6.92 Å². The number of H-pyrrole nitrogens is 2. The first-order valence-corrected chi connectivity index (χ1v) is 5.01. The Kier molecular flexibility index (Phi) is 1.73. The molecule has 0 spiro atoms. The molecule has 0 atom stereocenters. The molecule has 3 rings (SSSR count). The summed E-state index contributed by atoms with van der Waals surface area (Å²) < 4.78 is 0. The molecule has 2 heterocycles. The normalized spacial score (nSPS) is 11.1. The van der Waals surface area contributed by atoms with Crippen LogP contribution in [0.2, 0.25) is 0 Å². The highest BCUT2D eigenvalue weighted by Gasteiger charge is 2.13. The zero-order valence-corrected chi connectivity index (χ0v) is 8.78. The average molecular weight is 213 g/mol. The number of fused-ring (bicyclic) bond motifs is 1. The van der Waals surface area contributed by atoms with Gasteiger partial charge in [-0.3, -0.25) is 5.10 Å². The minimum absolute atomic E-state index is 0.469. The van der Waals surface area contributed by atoms with Gasteiger partial charge in [-0.05, 0) is 19.1 Å². The van der Waals surface area contributed by atoms with Crippen LogP contribution in [0.3, 0.4) is 0 Å². The molecule has 4 N–H and O–H groups in total. The van der Waals surface area contributed by atoms with Crippen LogP contribution in [0.1, 0.15) is 5.69 Å². The maximum absolute atomic E-state index is 5.79. The summed E-state index contributed by atoms with van der Waals surface area (Å²) in [6.07, 6.45) is 0. The summed E-state index contributed by atoms with van der Waals surface area (Å²) in [5, 5.41) is 6.80. The lowest BCUT2D eigenvalue weighted by atomic mass is 10.2. The number of para-hydroxylation sites is 2. The Morgan fingerprint density at radius 2 is 2.06 bits per heavy atom. The van der Waals surface area contributed by atoms with Gasteiger partial charge in [0.25, 0.3) is 0 Å². The number of nitrogens with one attached hydrogen (secondary N) is 2. The summed E-state index contributed by atoms with van der Waals surface area (Å²) in [7, 11) is 0. The maximum atomic E-state index is 5.79. The molecular weight excluding hydrogens is 202 g/mol. The number of hydrogen-bond acceptors (Lipinski definition) is 3. The highest BCUT2D eigenvalue weighted by Crippen LogP contribution is 2.26. The quantitative estimate of drug-likeness (QED) is 0.576. The van der Waals surface area contributed by atoms with Crippen molar-refractivity contribution >= 4 is 16.9 Å². The molecule has 5 nitrogen and oxygen atoms in total. The van der Waals surface area contributed by atoms with E-state index in [9.17, 15) is 0 Å². The van der Waals surface area contributed by atoms with Crippen molar-refractivity contribution < 1.29 is 0 Å². The number of aromatic nitrogens is 4. The smallest absolute Gasteiger partial charge is 0.156 e. The van der Waals surface area contributed by atoms with Crippen LogP contribution in [-0.4, -0.2) is 20.2 Å². The second kappa shape index (κ2) is 3.10. The summed E-state index contributed by atoms with van der Waals surface area (Å²) in [6.45, 7) is 1.92. The molecule has 0 aliphatic rings. The molecule has 3 aromatic rings. The van der Waals surface area contributed by atoms with Gasteiger partial charge in [0.1, 0.15) is 5.82 Å². The van der Waals surface area contributed by atoms with E-state index in [2.05, 4.69) is 20.2 Å². The Hall–Kier alpha value is -2.30. The fourth-order valence-corrected chi connectivity index (χ4v) is 1.82. The first-order chi connectivity index (χ1) is 7.75. The minimum Gasteiger partial charge on any atom is -0.382 e. The van der Waals surface area contributed by atoms with E-state index in [-0.39, 0.29) is 0 Å². The fraction of sp³-hybridized carbons (Fsp3) is 0.0909. The third-order valence-electron chi connectivity index (χ3n) is 2.60. The predicted molar refractivity (Wildman–Crippen MR) is 62.8 cm³/mol. The van der Waals surface area contributed by atoms with Gasteiger partial charge in [0, 0.05) is 5.69 Å². The van der Waals surface area contributed by atoms with Crippen LogP contribution < -0.4 is 5.73 Å². The van der Waals surface area contributed by atoms with Gasteiger partial charge in [-0.1, -0.05) is 12.1 Å². The zero-order valence-electron chi connectivity index (χ0n) is 8.78. The number of anilines is 1. The van der Waals surface area contributed by atoms with Crippen LogP contribution in [0.4, 0.5) is 5.82 Å². The van der Waals surface area contributed by atoms with Gasteiger partial charge in [0.05, 0.1) is 16.6 Å². The average Bonchev–Trinajstić information content (AvgIpc) is 2.82. The van der Waals surface area contributed by atoms with Gasteiger partial charge in [0.15, 0.2) is 5.82 Å². The minimum atomic E-state index is 0.469. The van der Waals surface area contributed by atoms with E-state index in [0.29, 0.717) is 5.82 Å². The molecule has 80 valence electrons. The van der Waals surface area contributed by atoms with E-state index in [1.54, 1.807) is 0 Å². The molecule has 0 saturated heterocycles. The number of nitrogens with two attached hydrogens (primary N) is 1. The Morgan fingerprint density at radius 1 is 1.25 bits per heavy atom. The number of benzene rings is 1. The van der Waals surface area contributed by atoms with Crippen molar-refractivity contribution in [2.24, 2.45) is 0 Å². The SMILES string of the molecule is Cc1[nH]nc(N)c1-c1nc2ccccc2[nH]1. The summed E-state index contributed by atoms with van der Waals surface area (Å²) in [5.41, 5.74) is 9.48. The number of rotatable bonds is 1. The highest BCUT2D eigenvalue weighted by molar-refractivity contribution is 5.82. The lowest BCUT2D eigenvalue weighted by Gasteiger charge is -1.94. The van der Waals surface area contributed by atoms with Crippen LogP contribution in [0.25, 0.3) is 22.4 Å². The molecule has 2 aromatic heterocycles. The molecule has 0 aliphatic carbocycles. The number of aromatic amines is 2. The molecule has 0 aliphatic heterocycles. The summed E-state index contributed by atoms with van der Waals surface area (Å²) >= 11 is 0. The third-order valence-corrected chi connectivity index (χ3v) is 2.60. The van der Waals surface area contributed by atoms with Crippen LogP contribution in [-0.2, 0) is 0 Å². The van der Waals surface area contributed by atoms with Crippen molar-refractivity contribution in [3.05, 3.63) is 30.0 Å². The highest BCUT2D eigenvalue weighted by atomic mass is 15.2. The van der Waals surface area contributed by atoms with Crippen molar-refractivity contribution in [1.82, 2.24) is 20.2 Å². The molecule has 0 unspecified atom stereocenters. The summed E-state index contributed by atoms with van der Waals surface area (Å²) in [4.78, 5) is 7.71. The number of aryl methyl sites for hydroxylation is 1. The third kappa shape index (κ3) is 1.18. The van der Waals surface area contributed by atoms with Crippen molar-refractivity contribution in [1.29, 1.82) is 0 Å². The fourth-order valence-electron chi connectivity index (χ4n) is 1.82. The first-order valence-electron chi connectivity index (χ1n) is 5.01. The monoisotopic (exact) mass is 213 g/mol. The summed E-state index contributed by atoms with van der Waals surface area (Å²) in [5.74, 6) is 1.22. The molecular formula is C11H11N5. The molecule has 0 fully saturated rings. The van der Waals surface area contributed by atoms with E-state index in [1.807, 2.05) is 31.2 Å². The number of hydrogen-bond donors (Lipinski definition) is 3. The van der Waals surface area contributed by atoms with E-state index < -0.39 is 0 Å². The Bertz CT molecular complexity index is 597. The van der Waals surface area contributed by atoms with Gasteiger partial charge < -0.3 is 10.7 Å². The second-order valence-electron chi connectivity index (χ2n) is 3.71. The van der Waals surface area contributed by atoms with Crippen LogP contribution >= 0.6 is 0 Å². The zero-order chi connectivity index (χ0) is 11.1. The molecule has 5 heteroatoms. The van der Waals surface area contributed by atoms with Gasteiger partial charge in [-0.2, -0.15) is 5.10 Å². The van der Waals surface area contributed by atoms with Crippen LogP contribution in [0.15, 0.2) is 24.3 Å². The van der Waals surface area contributed by atoms with E-state index in [1.165, 1.54) is 0 Å². The maximum Gasteiger partial charge on any atom is 0.156 e. The lowest BCUT2D eigenvalue weighted by molar-refractivity contribution is 1.05. The first kappa shape index (κ1) is 8.96. The van der Waals surface area contributed by atoms with Crippen molar-refractivity contribution in [3.8, 4) is 11.4 Å². The predicted octanol–water partition coefficient (Wildman–Crippen LogP) is 1.84. The molecule has 0 radical (unpaired) electrons. The van der Waals surface area contributed by atoms with E-state index in [0.717, 1.165) is 28.1 Å². The molecule has 0 amide bonds. The van der Waals surface area contributed by atoms with Gasteiger partial charge in [-0.25, -0.2) is 4.98 Å². The molecule has 16 heavy (non-hydrogen) atoms. The van der Waals surface area contributed by atoms with Gasteiger partial charge in [0.2, 0.25) is 0 Å². The number of imidazole rings is 1. The largest absolute Gasteiger partial charge is 0.382 e. The van der Waals surface area contributed by atoms with Crippen LogP contribution in [0, 0.1) is 6.92 Å². The Labute approximate surface area is 91.7 Å². The van der Waals surface area contributed by atoms with E-state index in [4.69, 9.17) is 5.73 Å². The second-order valence-corrected chi connectivity index (χ2v) is 3.71. The Morgan fingerprint density at radius 3 is 2.75 bits per heavy atom. The lowest BCUT2D eigenvalue weighted by Crippen LogP contribution is -1.89. The molecule has 0 bridgehead atoms. The topological polar surface area (TPSA) is 83.4 Å². The number of nitrogens with zero attached hydrogens (tertiary/aromatic N) is 2. The summed E-state index contributed by atoms with van der Waals surface area (Å²) in [6, 6.07) is 7.87. The molecule has 1 aromatic carbocycles. The van der Waals surface area contributed by atoms with Gasteiger partial charge in [-0.15, -0.1) is 0 Å². The van der Waals surface area contributed by atoms with Gasteiger partial charge >= 0.3 is 0 Å². The Balaban J connectivity index is 2.27.